The Balaban J connectivity index is 3.34. The van der Waals surface area contributed by atoms with Gasteiger partial charge in [0.2, 0.25) is 0 Å². The molecule has 0 aliphatic rings. The number of pyridine rings is 1. The Morgan fingerprint density at radius 3 is 2.41 bits per heavy atom. The maximum Gasteiger partial charge on any atom is 0.573 e. The molecule has 0 unspecified atom stereocenters. The predicted octanol–water partition coefficient (Wildman–Crippen LogP) is 2.37. The molecular formula is C8H4F5N3O. The normalized spacial score (nSPS) is 11.4. The molecule has 2 N–H and O–H groups in total. The quantitative estimate of drug-likeness (QED) is 0.821. The minimum Gasteiger partial charge on any atom is -0.405 e. The molecule has 0 saturated heterocycles. The lowest BCUT2D eigenvalue weighted by atomic mass is 10.2. The minimum atomic E-state index is -5.16. The maximum atomic E-state index is 12.4. The lowest BCUT2D eigenvalue weighted by Crippen LogP contribution is -2.19. The molecule has 4 nitrogen and oxygen atoms in total. The van der Waals surface area contributed by atoms with Gasteiger partial charge in [0.05, 0.1) is 0 Å². The van der Waals surface area contributed by atoms with Crippen molar-refractivity contribution < 1.29 is 26.7 Å². The third-order valence-corrected chi connectivity index (χ3v) is 1.61. The lowest BCUT2D eigenvalue weighted by molar-refractivity contribution is -0.275. The van der Waals surface area contributed by atoms with Crippen LogP contribution in [0.2, 0.25) is 0 Å². The van der Waals surface area contributed by atoms with E-state index in [0.29, 0.717) is 6.07 Å². The Hall–Kier alpha value is -2.11. The molecule has 0 radical (unpaired) electrons. The Bertz CT molecular complexity index is 465. The van der Waals surface area contributed by atoms with Crippen molar-refractivity contribution in [1.82, 2.24) is 4.98 Å². The predicted molar refractivity (Wildman–Crippen MR) is 45.0 cm³/mol. The summed E-state index contributed by atoms with van der Waals surface area (Å²) in [5.41, 5.74) is 3.28. The number of aromatic nitrogens is 1. The van der Waals surface area contributed by atoms with Crippen LogP contribution < -0.4 is 10.5 Å². The molecule has 0 bridgehead atoms. The fourth-order valence-electron chi connectivity index (χ4n) is 1.04. The van der Waals surface area contributed by atoms with Crippen LogP contribution in [0.15, 0.2) is 6.07 Å². The first-order valence-corrected chi connectivity index (χ1v) is 3.99. The average Bonchev–Trinajstić information content (AvgIpc) is 2.13. The van der Waals surface area contributed by atoms with Gasteiger partial charge in [-0.2, -0.15) is 5.26 Å². The Labute approximate surface area is 91.4 Å². The van der Waals surface area contributed by atoms with Crippen LogP contribution in [0, 0.1) is 11.3 Å². The highest BCUT2D eigenvalue weighted by Gasteiger charge is 2.34. The van der Waals surface area contributed by atoms with Gasteiger partial charge in [-0.1, -0.05) is 0 Å². The number of nitrogen functional groups attached to an aromatic ring is 1. The van der Waals surface area contributed by atoms with Crippen molar-refractivity contribution in [1.29, 1.82) is 5.26 Å². The fraction of sp³-hybridized carbons (Fsp3) is 0.250. The molecule has 0 amide bonds. The van der Waals surface area contributed by atoms with E-state index < -0.39 is 35.6 Å². The van der Waals surface area contributed by atoms with E-state index in [1.165, 1.54) is 6.07 Å². The first-order valence-electron chi connectivity index (χ1n) is 3.99. The Kier molecular flexibility index (Phi) is 3.36. The molecule has 0 aliphatic carbocycles. The van der Waals surface area contributed by atoms with Crippen molar-refractivity contribution in [3.05, 3.63) is 17.3 Å². The molecule has 0 fully saturated rings. The number of nitriles is 1. The second kappa shape index (κ2) is 4.40. The van der Waals surface area contributed by atoms with Crippen LogP contribution in [0.4, 0.5) is 27.8 Å². The van der Waals surface area contributed by atoms with E-state index in [-0.39, 0.29) is 0 Å². The second-order valence-electron chi connectivity index (χ2n) is 2.76. The van der Waals surface area contributed by atoms with Crippen LogP contribution in [0.25, 0.3) is 0 Å². The van der Waals surface area contributed by atoms with Gasteiger partial charge in [0.25, 0.3) is 6.43 Å². The van der Waals surface area contributed by atoms with Crippen LogP contribution in [-0.2, 0) is 0 Å². The van der Waals surface area contributed by atoms with E-state index >= 15 is 0 Å². The second-order valence-corrected chi connectivity index (χ2v) is 2.76. The number of ether oxygens (including phenoxy) is 1. The van der Waals surface area contributed by atoms with E-state index in [4.69, 9.17) is 11.0 Å². The van der Waals surface area contributed by atoms with Gasteiger partial charge in [-0.25, -0.2) is 13.8 Å². The molecule has 9 heteroatoms. The van der Waals surface area contributed by atoms with Crippen molar-refractivity contribution in [2.24, 2.45) is 0 Å². The monoisotopic (exact) mass is 253 g/mol. The maximum absolute atomic E-state index is 12.4. The van der Waals surface area contributed by atoms with Gasteiger partial charge in [0, 0.05) is 6.07 Å². The van der Waals surface area contributed by atoms with Crippen LogP contribution in [0.3, 0.4) is 0 Å². The smallest absolute Gasteiger partial charge is 0.405 e. The number of hydrogen-bond donors (Lipinski definition) is 1. The summed E-state index contributed by atoms with van der Waals surface area (Å²) >= 11 is 0. The van der Waals surface area contributed by atoms with Gasteiger partial charge in [-0.05, 0) is 0 Å². The van der Waals surface area contributed by atoms with E-state index in [0.717, 1.165) is 0 Å². The zero-order valence-corrected chi connectivity index (χ0v) is 7.92. The van der Waals surface area contributed by atoms with Gasteiger partial charge >= 0.3 is 6.36 Å². The summed E-state index contributed by atoms with van der Waals surface area (Å²) in [6.07, 6.45) is -8.46. The van der Waals surface area contributed by atoms with Crippen LogP contribution in [0.1, 0.15) is 17.7 Å². The van der Waals surface area contributed by atoms with E-state index in [9.17, 15) is 22.0 Å². The molecule has 0 atom stereocenters. The molecule has 92 valence electrons. The molecule has 1 rings (SSSR count). The third kappa shape index (κ3) is 3.17. The van der Waals surface area contributed by atoms with Crippen LogP contribution in [-0.4, -0.2) is 11.3 Å². The summed E-state index contributed by atoms with van der Waals surface area (Å²) in [5, 5.41) is 8.42. The zero-order chi connectivity index (χ0) is 13.2. The van der Waals surface area contributed by atoms with Gasteiger partial charge in [0.1, 0.15) is 28.9 Å². The van der Waals surface area contributed by atoms with Gasteiger partial charge in [-0.3, -0.25) is 0 Å². The number of alkyl halides is 5. The zero-order valence-electron chi connectivity index (χ0n) is 7.92. The Morgan fingerprint density at radius 1 is 1.41 bits per heavy atom. The van der Waals surface area contributed by atoms with Crippen molar-refractivity contribution >= 4 is 5.82 Å². The molecule has 1 aromatic heterocycles. The Morgan fingerprint density at radius 2 is 2.00 bits per heavy atom. The molecular weight excluding hydrogens is 249 g/mol. The van der Waals surface area contributed by atoms with Crippen LogP contribution >= 0.6 is 0 Å². The van der Waals surface area contributed by atoms with Crippen molar-refractivity contribution in [3.8, 4) is 11.8 Å². The summed E-state index contributed by atoms with van der Waals surface area (Å²) in [6, 6.07) is 1.83. The average molecular weight is 253 g/mol. The van der Waals surface area contributed by atoms with E-state index in [2.05, 4.69) is 9.72 Å². The molecule has 0 aliphatic heterocycles. The molecule has 0 saturated carbocycles. The fourth-order valence-corrected chi connectivity index (χ4v) is 1.04. The highest BCUT2D eigenvalue weighted by Crippen LogP contribution is 2.36. The third-order valence-electron chi connectivity index (χ3n) is 1.61. The summed E-state index contributed by atoms with van der Waals surface area (Å²) in [4.78, 5) is 3.19. The summed E-state index contributed by atoms with van der Waals surface area (Å²) in [5.74, 6) is -2.10. The van der Waals surface area contributed by atoms with Crippen molar-refractivity contribution in [3.63, 3.8) is 0 Å². The highest BCUT2D eigenvalue weighted by molar-refractivity contribution is 5.52. The largest absolute Gasteiger partial charge is 0.573 e. The first kappa shape index (κ1) is 13.0. The standard InChI is InChI=1S/C8H4F5N3O/c9-6(10)5-4(17-8(11,12)13)1-3(2-14)16-7(5)15/h1,6H,(H2,15,16). The van der Waals surface area contributed by atoms with Gasteiger partial charge in [0.15, 0.2) is 0 Å². The number of nitrogens with two attached hydrogens (primary N) is 1. The van der Waals surface area contributed by atoms with Gasteiger partial charge < -0.3 is 10.5 Å². The lowest BCUT2D eigenvalue weighted by Gasteiger charge is -2.14. The molecule has 0 aromatic carbocycles. The molecule has 0 spiro atoms. The summed E-state index contributed by atoms with van der Waals surface area (Å²) in [7, 11) is 0. The van der Waals surface area contributed by atoms with E-state index in [1.54, 1.807) is 0 Å². The molecule has 1 heterocycles. The molecule has 1 aromatic rings. The van der Waals surface area contributed by atoms with Gasteiger partial charge in [-0.15, -0.1) is 13.2 Å². The minimum absolute atomic E-state index is 0.450. The number of nitrogens with zero attached hydrogens (tertiary/aromatic N) is 2. The van der Waals surface area contributed by atoms with Crippen molar-refractivity contribution in [2.45, 2.75) is 12.8 Å². The number of hydrogen-bond acceptors (Lipinski definition) is 4. The number of anilines is 1. The SMILES string of the molecule is N#Cc1cc(OC(F)(F)F)c(C(F)F)c(N)n1. The number of halogens is 5. The van der Waals surface area contributed by atoms with Crippen LogP contribution in [0.5, 0.6) is 5.75 Å². The number of rotatable bonds is 2. The highest BCUT2D eigenvalue weighted by atomic mass is 19.4. The van der Waals surface area contributed by atoms with E-state index in [1.807, 2.05) is 0 Å². The molecule has 17 heavy (non-hydrogen) atoms. The topological polar surface area (TPSA) is 71.9 Å². The summed E-state index contributed by atoms with van der Waals surface area (Å²) < 4.78 is 64.1. The van der Waals surface area contributed by atoms with Crippen molar-refractivity contribution in [2.75, 3.05) is 5.73 Å². The first-order chi connectivity index (χ1) is 7.74. The summed E-state index contributed by atoms with van der Waals surface area (Å²) in [6.45, 7) is 0.